The summed E-state index contributed by atoms with van der Waals surface area (Å²) in [6.07, 6.45) is 40.5. The summed E-state index contributed by atoms with van der Waals surface area (Å²) >= 11 is 0. The van der Waals surface area contributed by atoms with Gasteiger partial charge in [0.05, 0.1) is 25.4 Å². The van der Waals surface area contributed by atoms with Gasteiger partial charge in [-0.3, -0.25) is 13.8 Å². The Morgan fingerprint density at radius 2 is 1.10 bits per heavy atom. The zero-order valence-electron chi connectivity index (χ0n) is 31.0. The molecule has 282 valence electrons. The third kappa shape index (κ3) is 33.2. The number of rotatable bonds is 36. The van der Waals surface area contributed by atoms with Crippen LogP contribution in [0.3, 0.4) is 0 Å². The van der Waals surface area contributed by atoms with Gasteiger partial charge in [-0.05, 0) is 57.8 Å². The Hall–Kier alpha value is -1.28. The first-order valence-electron chi connectivity index (χ1n) is 19.6. The second kappa shape index (κ2) is 35.5. The lowest BCUT2D eigenvalue weighted by Crippen LogP contribution is -2.45. The van der Waals surface area contributed by atoms with E-state index in [0.29, 0.717) is 6.42 Å². The van der Waals surface area contributed by atoms with E-state index in [4.69, 9.17) is 14.8 Å². The van der Waals surface area contributed by atoms with Crippen molar-refractivity contribution < 1.29 is 28.4 Å². The number of carbonyl (C=O) groups is 1. The van der Waals surface area contributed by atoms with E-state index in [1.54, 1.807) is 6.08 Å². The molecule has 0 fully saturated rings. The standard InChI is InChI=1S/C39H75N2O6P/c1-3-5-7-9-11-13-15-17-18-19-21-22-24-26-28-30-32-38(42)37(36-47-48(44,45)46-35-34-40)41-39(43)33-31-29-27-25-23-20-16-14-12-10-8-6-4-2/h14,16,22,24,30,32,37-38,42H,3-13,15,17-21,23,25-29,31,33-36,40H2,1-2H3,(H,41,43)(H,44,45)/b16-14-,24-22+,32-30+. The average Bonchev–Trinajstić information content (AvgIpc) is 3.07. The van der Waals surface area contributed by atoms with Crippen LogP contribution in [-0.2, 0) is 18.4 Å². The first kappa shape index (κ1) is 46.7. The molecular formula is C39H75N2O6P. The molecule has 0 aromatic heterocycles. The minimum atomic E-state index is -4.34. The number of nitrogens with one attached hydrogen (secondary N) is 1. The molecule has 0 aromatic rings. The van der Waals surface area contributed by atoms with Gasteiger partial charge in [0.1, 0.15) is 0 Å². The summed E-state index contributed by atoms with van der Waals surface area (Å²) in [5, 5.41) is 13.6. The van der Waals surface area contributed by atoms with Gasteiger partial charge in [0.25, 0.3) is 0 Å². The van der Waals surface area contributed by atoms with Crippen LogP contribution in [0.5, 0.6) is 0 Å². The van der Waals surface area contributed by atoms with Gasteiger partial charge in [0.15, 0.2) is 0 Å². The lowest BCUT2D eigenvalue weighted by Gasteiger charge is -2.23. The van der Waals surface area contributed by atoms with Crippen molar-refractivity contribution in [3.05, 3.63) is 36.5 Å². The summed E-state index contributed by atoms with van der Waals surface area (Å²) in [6, 6.07) is -0.878. The minimum absolute atomic E-state index is 0.0724. The van der Waals surface area contributed by atoms with Crippen molar-refractivity contribution in [3.8, 4) is 0 Å². The lowest BCUT2D eigenvalue weighted by atomic mass is 10.1. The number of phosphoric acid groups is 1. The van der Waals surface area contributed by atoms with E-state index >= 15 is 0 Å². The van der Waals surface area contributed by atoms with Gasteiger partial charge in [-0.15, -0.1) is 0 Å². The molecule has 0 aromatic carbocycles. The topological polar surface area (TPSA) is 131 Å². The maximum atomic E-state index is 12.7. The highest BCUT2D eigenvalue weighted by Crippen LogP contribution is 2.43. The summed E-state index contributed by atoms with van der Waals surface area (Å²) in [6.45, 7) is 4.07. The van der Waals surface area contributed by atoms with Crippen LogP contribution < -0.4 is 11.1 Å². The van der Waals surface area contributed by atoms with E-state index in [1.165, 1.54) is 96.3 Å². The van der Waals surface area contributed by atoms with Gasteiger partial charge in [0, 0.05) is 13.0 Å². The predicted molar refractivity (Wildman–Crippen MR) is 203 cm³/mol. The third-order valence-electron chi connectivity index (χ3n) is 8.44. The zero-order chi connectivity index (χ0) is 35.4. The molecule has 0 heterocycles. The highest BCUT2D eigenvalue weighted by Gasteiger charge is 2.26. The molecular weight excluding hydrogens is 623 g/mol. The van der Waals surface area contributed by atoms with E-state index in [2.05, 4.69) is 43.5 Å². The van der Waals surface area contributed by atoms with E-state index < -0.39 is 20.0 Å². The van der Waals surface area contributed by atoms with Crippen molar-refractivity contribution >= 4 is 13.7 Å². The molecule has 9 heteroatoms. The Bertz CT molecular complexity index is 850. The number of carbonyl (C=O) groups excluding carboxylic acids is 1. The molecule has 3 unspecified atom stereocenters. The van der Waals surface area contributed by atoms with Crippen molar-refractivity contribution in [1.82, 2.24) is 5.32 Å². The minimum Gasteiger partial charge on any atom is -0.387 e. The molecule has 1 amide bonds. The largest absolute Gasteiger partial charge is 0.472 e. The van der Waals surface area contributed by atoms with E-state index in [-0.39, 0.29) is 25.7 Å². The normalized spacial score (nSPS) is 14.7. The van der Waals surface area contributed by atoms with Crippen molar-refractivity contribution in [3.63, 3.8) is 0 Å². The van der Waals surface area contributed by atoms with E-state index in [9.17, 15) is 19.4 Å². The molecule has 0 radical (unpaired) electrons. The molecule has 3 atom stereocenters. The zero-order valence-corrected chi connectivity index (χ0v) is 31.9. The number of hydrogen-bond acceptors (Lipinski definition) is 6. The van der Waals surface area contributed by atoms with Gasteiger partial charge in [0.2, 0.25) is 5.91 Å². The molecule has 0 rings (SSSR count). The first-order valence-corrected chi connectivity index (χ1v) is 21.1. The Balaban J connectivity index is 4.37. The van der Waals surface area contributed by atoms with Crippen LogP contribution in [0.4, 0.5) is 0 Å². The van der Waals surface area contributed by atoms with Crippen LogP contribution in [0, 0.1) is 0 Å². The van der Waals surface area contributed by atoms with Crippen LogP contribution in [0.2, 0.25) is 0 Å². The number of aliphatic hydroxyl groups is 1. The van der Waals surface area contributed by atoms with E-state index in [1.807, 2.05) is 6.08 Å². The fourth-order valence-corrected chi connectivity index (χ4v) is 6.19. The number of phosphoric ester groups is 1. The maximum Gasteiger partial charge on any atom is 0.472 e. The quantitative estimate of drug-likeness (QED) is 0.0291. The molecule has 0 bridgehead atoms. The number of unbranched alkanes of at least 4 members (excludes halogenated alkanes) is 20. The molecule has 0 saturated heterocycles. The SMILES string of the molecule is CCCCCC/C=C\CCCCCCCC(=O)NC(COP(=O)(O)OCCN)C(O)/C=C/CC/C=C/CCCCCCCCCCCC. The maximum absolute atomic E-state index is 12.7. The number of amides is 1. The number of nitrogens with two attached hydrogens (primary N) is 1. The first-order chi connectivity index (χ1) is 23.4. The highest BCUT2D eigenvalue weighted by molar-refractivity contribution is 7.47. The molecule has 0 aliphatic rings. The second-order valence-electron chi connectivity index (χ2n) is 13.1. The lowest BCUT2D eigenvalue weighted by molar-refractivity contribution is -0.123. The number of allylic oxidation sites excluding steroid dienone is 5. The summed E-state index contributed by atoms with van der Waals surface area (Å²) in [5.41, 5.74) is 5.35. The van der Waals surface area contributed by atoms with Crippen molar-refractivity contribution in [2.24, 2.45) is 5.73 Å². The van der Waals surface area contributed by atoms with Crippen LogP contribution in [-0.4, -0.2) is 47.8 Å². The Morgan fingerprint density at radius 1 is 0.667 bits per heavy atom. The van der Waals surface area contributed by atoms with Crippen molar-refractivity contribution in [2.75, 3.05) is 19.8 Å². The van der Waals surface area contributed by atoms with Gasteiger partial charge in [-0.1, -0.05) is 147 Å². The predicted octanol–water partition coefficient (Wildman–Crippen LogP) is 10.4. The van der Waals surface area contributed by atoms with Crippen molar-refractivity contribution in [2.45, 2.75) is 187 Å². The van der Waals surface area contributed by atoms with Gasteiger partial charge in [-0.25, -0.2) is 4.57 Å². The highest BCUT2D eigenvalue weighted by atomic mass is 31.2. The second-order valence-corrected chi connectivity index (χ2v) is 14.6. The number of aliphatic hydroxyl groups excluding tert-OH is 1. The molecule has 5 N–H and O–H groups in total. The molecule has 0 spiro atoms. The van der Waals surface area contributed by atoms with Gasteiger partial charge < -0.3 is 21.1 Å². The fourth-order valence-electron chi connectivity index (χ4n) is 5.43. The summed E-state index contributed by atoms with van der Waals surface area (Å²) in [4.78, 5) is 22.6. The molecule has 48 heavy (non-hydrogen) atoms. The molecule has 8 nitrogen and oxygen atoms in total. The third-order valence-corrected chi connectivity index (χ3v) is 9.42. The van der Waals surface area contributed by atoms with Crippen LogP contribution in [0.15, 0.2) is 36.5 Å². The monoisotopic (exact) mass is 699 g/mol. The Labute approximate surface area is 295 Å². The molecule has 0 saturated carbocycles. The van der Waals surface area contributed by atoms with Crippen LogP contribution in [0.25, 0.3) is 0 Å². The van der Waals surface area contributed by atoms with Crippen LogP contribution in [0.1, 0.15) is 174 Å². The van der Waals surface area contributed by atoms with Crippen LogP contribution >= 0.6 is 7.82 Å². The molecule has 0 aliphatic heterocycles. The van der Waals surface area contributed by atoms with Gasteiger partial charge >= 0.3 is 7.82 Å². The van der Waals surface area contributed by atoms with E-state index in [0.717, 1.165) is 57.8 Å². The number of hydrogen-bond donors (Lipinski definition) is 4. The average molecular weight is 699 g/mol. The Kier molecular flexibility index (Phi) is 34.6. The van der Waals surface area contributed by atoms with Gasteiger partial charge in [-0.2, -0.15) is 0 Å². The smallest absolute Gasteiger partial charge is 0.387 e. The van der Waals surface area contributed by atoms with Crippen molar-refractivity contribution in [1.29, 1.82) is 0 Å². The summed E-state index contributed by atoms with van der Waals surface area (Å²) in [7, 11) is -4.34. The summed E-state index contributed by atoms with van der Waals surface area (Å²) < 4.78 is 22.0. The summed E-state index contributed by atoms with van der Waals surface area (Å²) in [5.74, 6) is -0.215. The molecule has 0 aliphatic carbocycles. The fraction of sp³-hybridized carbons (Fsp3) is 0.821. The Morgan fingerprint density at radius 3 is 1.62 bits per heavy atom.